The molecule has 6 heteroatoms. The molecule has 2 heterocycles. The van der Waals surface area contributed by atoms with Crippen LogP contribution in [0.5, 0.6) is 5.75 Å². The van der Waals surface area contributed by atoms with E-state index in [4.69, 9.17) is 4.74 Å². The third-order valence-electron chi connectivity index (χ3n) is 3.30. The van der Waals surface area contributed by atoms with Gasteiger partial charge in [0.1, 0.15) is 17.4 Å². The van der Waals surface area contributed by atoms with Gasteiger partial charge >= 0.3 is 0 Å². The molecule has 0 aliphatic heterocycles. The van der Waals surface area contributed by atoms with Crippen molar-refractivity contribution in [1.82, 2.24) is 9.36 Å². The Kier molecular flexibility index (Phi) is 4.70. The first-order valence-electron chi connectivity index (χ1n) is 7.19. The normalized spacial score (nSPS) is 10.6. The van der Waals surface area contributed by atoms with Gasteiger partial charge in [-0.1, -0.05) is 12.1 Å². The predicted molar refractivity (Wildman–Crippen MR) is 92.0 cm³/mol. The molecule has 114 valence electrons. The van der Waals surface area contributed by atoms with Crippen molar-refractivity contribution < 1.29 is 4.74 Å². The molecule has 2 N–H and O–H groups in total. The molecular formula is C16H18N4OS. The van der Waals surface area contributed by atoms with E-state index >= 15 is 0 Å². The lowest BCUT2D eigenvalue weighted by Crippen LogP contribution is -2.10. The van der Waals surface area contributed by atoms with Crippen molar-refractivity contribution in [1.29, 1.82) is 0 Å². The third kappa shape index (κ3) is 3.46. The van der Waals surface area contributed by atoms with E-state index in [0.29, 0.717) is 0 Å². The highest BCUT2D eigenvalue weighted by Gasteiger charge is 2.03. The predicted octanol–water partition coefficient (Wildman–Crippen LogP) is 3.61. The molecule has 0 saturated heterocycles. The molecule has 0 aliphatic carbocycles. The molecule has 0 bridgehead atoms. The lowest BCUT2D eigenvalue weighted by atomic mass is 10.2. The lowest BCUT2D eigenvalue weighted by Gasteiger charge is -2.07. The summed E-state index contributed by atoms with van der Waals surface area (Å²) in [4.78, 5) is 4.27. The summed E-state index contributed by atoms with van der Waals surface area (Å²) in [5.41, 5.74) is 0. The summed E-state index contributed by atoms with van der Waals surface area (Å²) in [6.45, 7) is 1.73. The summed E-state index contributed by atoms with van der Waals surface area (Å²) < 4.78 is 10.8. The average molecular weight is 314 g/mol. The highest BCUT2D eigenvalue weighted by Crippen LogP contribution is 2.25. The summed E-state index contributed by atoms with van der Waals surface area (Å²) in [6.07, 6.45) is 2.70. The standard InChI is InChI=1S/C16H18N4OS/c1-21-12-7-8-15(19-11-12)17-9-4-10-18-16-13-5-2-3-6-14(13)22-20-16/h2-3,5-8,11H,4,9-10H2,1H3,(H,17,19)(H,18,20). The van der Waals surface area contributed by atoms with Crippen molar-refractivity contribution in [3.63, 3.8) is 0 Å². The van der Waals surface area contributed by atoms with Gasteiger partial charge in [-0.25, -0.2) is 4.98 Å². The van der Waals surface area contributed by atoms with Crippen LogP contribution in [0.15, 0.2) is 42.6 Å². The fourth-order valence-electron chi connectivity index (χ4n) is 2.13. The van der Waals surface area contributed by atoms with Gasteiger partial charge in [0.15, 0.2) is 0 Å². The van der Waals surface area contributed by atoms with Crippen LogP contribution in [-0.4, -0.2) is 29.6 Å². The Hall–Kier alpha value is -2.34. The molecule has 0 spiro atoms. The topological polar surface area (TPSA) is 59.1 Å². The number of rotatable bonds is 7. The second kappa shape index (κ2) is 7.09. The van der Waals surface area contributed by atoms with E-state index in [1.54, 1.807) is 13.3 Å². The van der Waals surface area contributed by atoms with Crippen LogP contribution in [0.4, 0.5) is 11.6 Å². The molecule has 0 saturated carbocycles. The Morgan fingerprint density at radius 1 is 1.09 bits per heavy atom. The maximum absolute atomic E-state index is 5.08. The highest BCUT2D eigenvalue weighted by atomic mass is 32.1. The van der Waals surface area contributed by atoms with E-state index in [9.17, 15) is 0 Å². The molecule has 5 nitrogen and oxygen atoms in total. The van der Waals surface area contributed by atoms with Gasteiger partial charge in [0, 0.05) is 18.5 Å². The Balaban J connectivity index is 1.43. The summed E-state index contributed by atoms with van der Waals surface area (Å²) in [6, 6.07) is 12.1. The van der Waals surface area contributed by atoms with Gasteiger partial charge in [0.2, 0.25) is 0 Å². The van der Waals surface area contributed by atoms with Crippen LogP contribution < -0.4 is 15.4 Å². The number of aromatic nitrogens is 2. The molecule has 0 fully saturated rings. The van der Waals surface area contributed by atoms with E-state index in [1.165, 1.54) is 21.6 Å². The van der Waals surface area contributed by atoms with Crippen molar-refractivity contribution in [2.24, 2.45) is 0 Å². The molecule has 0 aliphatic rings. The summed E-state index contributed by atoms with van der Waals surface area (Å²) in [7, 11) is 1.64. The number of fused-ring (bicyclic) bond motifs is 1. The Morgan fingerprint density at radius 2 is 1.95 bits per heavy atom. The van der Waals surface area contributed by atoms with Gasteiger partial charge in [0.25, 0.3) is 0 Å². The molecule has 0 radical (unpaired) electrons. The smallest absolute Gasteiger partial charge is 0.147 e. The number of methoxy groups -OCH3 is 1. The maximum atomic E-state index is 5.08. The first-order chi connectivity index (χ1) is 10.9. The molecule has 3 rings (SSSR count). The van der Waals surface area contributed by atoms with Gasteiger partial charge < -0.3 is 15.4 Å². The van der Waals surface area contributed by atoms with E-state index in [2.05, 4.69) is 32.1 Å². The van der Waals surface area contributed by atoms with Crippen LogP contribution in [0.3, 0.4) is 0 Å². The Bertz CT molecular complexity index is 726. The van der Waals surface area contributed by atoms with Crippen molar-refractivity contribution in [3.8, 4) is 5.75 Å². The van der Waals surface area contributed by atoms with Crippen LogP contribution in [0.25, 0.3) is 10.1 Å². The lowest BCUT2D eigenvalue weighted by molar-refractivity contribution is 0.413. The van der Waals surface area contributed by atoms with Gasteiger partial charge in [-0.15, -0.1) is 0 Å². The number of nitrogens with one attached hydrogen (secondary N) is 2. The summed E-state index contributed by atoms with van der Waals surface area (Å²) in [5, 5.41) is 7.87. The molecule has 0 amide bonds. The molecule has 1 aromatic carbocycles. The number of benzene rings is 1. The molecule has 0 atom stereocenters. The van der Waals surface area contributed by atoms with Crippen molar-refractivity contribution in [3.05, 3.63) is 42.6 Å². The monoisotopic (exact) mass is 314 g/mol. The van der Waals surface area contributed by atoms with Crippen LogP contribution >= 0.6 is 11.5 Å². The zero-order valence-corrected chi connectivity index (χ0v) is 13.2. The average Bonchev–Trinajstić information content (AvgIpc) is 2.98. The molecular weight excluding hydrogens is 296 g/mol. The zero-order valence-electron chi connectivity index (χ0n) is 12.4. The van der Waals surface area contributed by atoms with E-state index in [1.807, 2.05) is 24.3 Å². The molecule has 0 unspecified atom stereocenters. The number of hydrogen-bond acceptors (Lipinski definition) is 6. The van der Waals surface area contributed by atoms with Crippen LogP contribution in [0.2, 0.25) is 0 Å². The van der Waals surface area contributed by atoms with Gasteiger partial charge in [-0.3, -0.25) is 0 Å². The molecule has 22 heavy (non-hydrogen) atoms. The van der Waals surface area contributed by atoms with Crippen LogP contribution in [0.1, 0.15) is 6.42 Å². The minimum Gasteiger partial charge on any atom is -0.495 e. The van der Waals surface area contributed by atoms with Gasteiger partial charge in [-0.05, 0) is 42.2 Å². The first-order valence-corrected chi connectivity index (χ1v) is 7.96. The second-order valence-electron chi connectivity index (χ2n) is 4.82. The number of ether oxygens (including phenoxy) is 1. The third-order valence-corrected chi connectivity index (χ3v) is 4.13. The fourth-order valence-corrected chi connectivity index (χ4v) is 2.89. The number of nitrogens with zero attached hydrogens (tertiary/aromatic N) is 2. The van der Waals surface area contributed by atoms with Gasteiger partial charge in [0.05, 0.1) is 18.0 Å². The fraction of sp³-hybridized carbons (Fsp3) is 0.250. The Labute approximate surface area is 133 Å². The van der Waals surface area contributed by atoms with E-state index in [0.717, 1.165) is 36.9 Å². The minimum atomic E-state index is 0.766. The number of anilines is 2. The Morgan fingerprint density at radius 3 is 2.77 bits per heavy atom. The van der Waals surface area contributed by atoms with Crippen molar-refractivity contribution in [2.75, 3.05) is 30.8 Å². The zero-order chi connectivity index (χ0) is 15.2. The molecule has 2 aromatic heterocycles. The van der Waals surface area contributed by atoms with E-state index < -0.39 is 0 Å². The summed E-state index contributed by atoms with van der Waals surface area (Å²) in [5.74, 6) is 2.60. The van der Waals surface area contributed by atoms with Crippen LogP contribution in [-0.2, 0) is 0 Å². The highest BCUT2D eigenvalue weighted by molar-refractivity contribution is 7.13. The van der Waals surface area contributed by atoms with Crippen molar-refractivity contribution in [2.45, 2.75) is 6.42 Å². The number of pyridine rings is 1. The largest absolute Gasteiger partial charge is 0.495 e. The molecule has 3 aromatic rings. The van der Waals surface area contributed by atoms with Gasteiger partial charge in [-0.2, -0.15) is 4.37 Å². The number of hydrogen-bond donors (Lipinski definition) is 2. The minimum absolute atomic E-state index is 0.766. The van der Waals surface area contributed by atoms with Crippen molar-refractivity contribution >= 4 is 33.3 Å². The van der Waals surface area contributed by atoms with E-state index in [-0.39, 0.29) is 0 Å². The quantitative estimate of drug-likeness (QED) is 0.652. The first kappa shape index (κ1) is 14.6. The SMILES string of the molecule is COc1ccc(NCCCNc2nsc3ccccc23)nc1. The van der Waals surface area contributed by atoms with Crippen LogP contribution in [0, 0.1) is 0 Å². The summed E-state index contributed by atoms with van der Waals surface area (Å²) >= 11 is 1.53. The maximum Gasteiger partial charge on any atom is 0.147 e. The second-order valence-corrected chi connectivity index (χ2v) is 5.62.